The van der Waals surface area contributed by atoms with Gasteiger partial charge >= 0.3 is 0 Å². The van der Waals surface area contributed by atoms with Crippen molar-refractivity contribution in [3.8, 4) is 0 Å². The van der Waals surface area contributed by atoms with Crippen molar-refractivity contribution in [2.75, 3.05) is 11.6 Å². The molecule has 0 N–H and O–H groups in total. The second kappa shape index (κ2) is 4.02. The second-order valence-electron chi connectivity index (χ2n) is 1.80. The van der Waals surface area contributed by atoms with E-state index in [2.05, 4.69) is 18.2 Å². The van der Waals surface area contributed by atoms with E-state index in [1.807, 2.05) is 11.8 Å². The van der Waals surface area contributed by atoms with E-state index in [1.165, 1.54) is 4.91 Å². The fourth-order valence-corrected chi connectivity index (χ4v) is 1.66. The van der Waals surface area contributed by atoms with Crippen molar-refractivity contribution in [3.63, 3.8) is 0 Å². The average Bonchev–Trinajstić information content (AvgIpc) is 2.34. The van der Waals surface area contributed by atoms with Gasteiger partial charge in [0.15, 0.2) is 0 Å². The number of halogens is 1. The van der Waals surface area contributed by atoms with Crippen LogP contribution in [0.5, 0.6) is 0 Å². The minimum Gasteiger partial charge on any atom is -0.129 e. The zero-order valence-electron chi connectivity index (χ0n) is 5.14. The highest BCUT2D eigenvalue weighted by atomic mass is 35.5. The van der Waals surface area contributed by atoms with E-state index in [4.69, 9.17) is 11.6 Å². The Morgan fingerprint density at radius 2 is 2.56 bits per heavy atom. The highest BCUT2D eigenvalue weighted by Crippen LogP contribution is 2.23. The van der Waals surface area contributed by atoms with Crippen LogP contribution in [0, 0.1) is 0 Å². The SMILES string of the molecule is ClCCSC1=CC=CC1. The maximum Gasteiger partial charge on any atom is 0.0317 e. The lowest BCUT2D eigenvalue weighted by Gasteiger charge is -1.95. The van der Waals surface area contributed by atoms with Crippen molar-refractivity contribution in [1.29, 1.82) is 0 Å². The first-order valence-electron chi connectivity index (χ1n) is 2.98. The van der Waals surface area contributed by atoms with Crippen molar-refractivity contribution in [2.24, 2.45) is 0 Å². The minimum absolute atomic E-state index is 0.752. The molecule has 0 radical (unpaired) electrons. The fourth-order valence-electron chi connectivity index (χ4n) is 0.704. The molecule has 2 heteroatoms. The predicted octanol–water partition coefficient (Wildman–Crippen LogP) is 2.80. The summed E-state index contributed by atoms with van der Waals surface area (Å²) in [5.41, 5.74) is 0. The Bertz CT molecular complexity index is 138. The number of hydrogen-bond donors (Lipinski definition) is 0. The van der Waals surface area contributed by atoms with Gasteiger partial charge in [0.25, 0.3) is 0 Å². The van der Waals surface area contributed by atoms with Gasteiger partial charge in [-0.2, -0.15) is 0 Å². The molecule has 0 spiro atoms. The van der Waals surface area contributed by atoms with Gasteiger partial charge in [0.1, 0.15) is 0 Å². The summed E-state index contributed by atoms with van der Waals surface area (Å²) in [5.74, 6) is 1.79. The first-order chi connectivity index (χ1) is 4.43. The largest absolute Gasteiger partial charge is 0.129 e. The molecule has 0 atom stereocenters. The van der Waals surface area contributed by atoms with Crippen LogP contribution in [-0.2, 0) is 0 Å². The lowest BCUT2D eigenvalue weighted by atomic mass is 10.5. The van der Waals surface area contributed by atoms with Crippen LogP contribution in [-0.4, -0.2) is 11.6 Å². The van der Waals surface area contributed by atoms with Gasteiger partial charge in [0.2, 0.25) is 0 Å². The molecule has 0 heterocycles. The number of allylic oxidation sites excluding steroid dienone is 4. The molecule has 1 aliphatic rings. The van der Waals surface area contributed by atoms with Crippen LogP contribution in [0.1, 0.15) is 6.42 Å². The third-order valence-electron chi connectivity index (χ3n) is 1.10. The molecular weight excluding hydrogens is 152 g/mol. The second-order valence-corrected chi connectivity index (χ2v) is 3.40. The molecule has 0 aromatic carbocycles. The Labute approximate surface area is 65.0 Å². The van der Waals surface area contributed by atoms with Gasteiger partial charge in [-0.3, -0.25) is 0 Å². The molecule has 0 aromatic rings. The fraction of sp³-hybridized carbons (Fsp3) is 0.429. The van der Waals surface area contributed by atoms with Crippen LogP contribution in [0.3, 0.4) is 0 Å². The lowest BCUT2D eigenvalue weighted by molar-refractivity contribution is 1.40. The molecule has 9 heavy (non-hydrogen) atoms. The normalized spacial score (nSPS) is 16.3. The molecule has 0 aromatic heterocycles. The number of thioether (sulfide) groups is 1. The van der Waals surface area contributed by atoms with E-state index < -0.39 is 0 Å². The summed E-state index contributed by atoms with van der Waals surface area (Å²) < 4.78 is 0. The van der Waals surface area contributed by atoms with Crippen molar-refractivity contribution < 1.29 is 0 Å². The van der Waals surface area contributed by atoms with E-state index in [1.54, 1.807) is 0 Å². The zero-order chi connectivity index (χ0) is 6.53. The van der Waals surface area contributed by atoms with Crippen molar-refractivity contribution in [2.45, 2.75) is 6.42 Å². The zero-order valence-corrected chi connectivity index (χ0v) is 6.71. The van der Waals surface area contributed by atoms with Crippen molar-refractivity contribution in [1.82, 2.24) is 0 Å². The summed E-state index contributed by atoms with van der Waals surface area (Å²) in [4.78, 5) is 1.44. The predicted molar refractivity (Wildman–Crippen MR) is 45.0 cm³/mol. The Balaban J connectivity index is 2.14. The average molecular weight is 161 g/mol. The maximum atomic E-state index is 5.51. The molecule has 0 saturated heterocycles. The van der Waals surface area contributed by atoms with Crippen molar-refractivity contribution in [3.05, 3.63) is 23.1 Å². The molecule has 0 aliphatic heterocycles. The summed E-state index contributed by atoms with van der Waals surface area (Å²) in [6.45, 7) is 0. The van der Waals surface area contributed by atoms with Gasteiger partial charge in [0, 0.05) is 11.6 Å². The molecule has 1 aliphatic carbocycles. The highest BCUT2D eigenvalue weighted by molar-refractivity contribution is 8.03. The van der Waals surface area contributed by atoms with E-state index in [9.17, 15) is 0 Å². The molecule has 0 unspecified atom stereocenters. The topological polar surface area (TPSA) is 0 Å². The third kappa shape index (κ3) is 2.46. The summed E-state index contributed by atoms with van der Waals surface area (Å²) >= 11 is 7.36. The Hall–Kier alpha value is 0.120. The van der Waals surface area contributed by atoms with Gasteiger partial charge < -0.3 is 0 Å². The van der Waals surface area contributed by atoms with Gasteiger partial charge in [-0.1, -0.05) is 18.2 Å². The first kappa shape index (κ1) is 7.23. The molecular formula is C7H9ClS. The maximum absolute atomic E-state index is 5.51. The monoisotopic (exact) mass is 160 g/mol. The number of rotatable bonds is 3. The number of hydrogen-bond acceptors (Lipinski definition) is 1. The quantitative estimate of drug-likeness (QED) is 0.573. The molecule has 0 fully saturated rings. The van der Waals surface area contributed by atoms with Crippen LogP contribution in [0.4, 0.5) is 0 Å². The van der Waals surface area contributed by atoms with Gasteiger partial charge in [-0.25, -0.2) is 0 Å². The van der Waals surface area contributed by atoms with Crippen LogP contribution >= 0.6 is 23.4 Å². The molecule has 0 amide bonds. The molecule has 0 nitrogen and oxygen atoms in total. The van der Waals surface area contributed by atoms with Gasteiger partial charge in [-0.05, 0) is 11.3 Å². The molecule has 50 valence electrons. The van der Waals surface area contributed by atoms with Crippen LogP contribution in [0.2, 0.25) is 0 Å². The Morgan fingerprint density at radius 1 is 1.67 bits per heavy atom. The van der Waals surface area contributed by atoms with E-state index >= 15 is 0 Å². The van der Waals surface area contributed by atoms with E-state index in [-0.39, 0.29) is 0 Å². The minimum atomic E-state index is 0.752. The van der Waals surface area contributed by atoms with E-state index in [0.717, 1.165) is 18.1 Å². The lowest BCUT2D eigenvalue weighted by Crippen LogP contribution is -1.78. The Kier molecular flexibility index (Phi) is 3.23. The summed E-state index contributed by atoms with van der Waals surface area (Å²) in [6.07, 6.45) is 7.52. The third-order valence-corrected chi connectivity index (χ3v) is 2.60. The van der Waals surface area contributed by atoms with Gasteiger partial charge in [-0.15, -0.1) is 23.4 Å². The van der Waals surface area contributed by atoms with Crippen LogP contribution < -0.4 is 0 Å². The first-order valence-corrected chi connectivity index (χ1v) is 4.50. The van der Waals surface area contributed by atoms with E-state index in [0.29, 0.717) is 0 Å². The molecule has 1 rings (SSSR count). The Morgan fingerprint density at radius 3 is 3.11 bits per heavy atom. The summed E-state index contributed by atoms with van der Waals surface area (Å²) in [6, 6.07) is 0. The summed E-state index contributed by atoms with van der Waals surface area (Å²) in [5, 5.41) is 0. The molecule has 0 bridgehead atoms. The number of alkyl halides is 1. The summed E-state index contributed by atoms with van der Waals surface area (Å²) in [7, 11) is 0. The van der Waals surface area contributed by atoms with Crippen LogP contribution in [0.15, 0.2) is 23.1 Å². The smallest absolute Gasteiger partial charge is 0.0317 e. The van der Waals surface area contributed by atoms with Crippen molar-refractivity contribution >= 4 is 23.4 Å². The highest BCUT2D eigenvalue weighted by Gasteiger charge is 1.97. The molecule has 0 saturated carbocycles. The standard InChI is InChI=1S/C7H9ClS/c8-5-6-9-7-3-1-2-4-7/h1-3H,4-6H2. The van der Waals surface area contributed by atoms with Gasteiger partial charge in [0.05, 0.1) is 0 Å². The van der Waals surface area contributed by atoms with Crippen LogP contribution in [0.25, 0.3) is 0 Å².